The van der Waals surface area contributed by atoms with Crippen LogP contribution < -0.4 is 15.0 Å². The number of nitrogens with one attached hydrogen (secondary N) is 1. The molecule has 9 heteroatoms. The highest BCUT2D eigenvalue weighted by Crippen LogP contribution is 2.30. The summed E-state index contributed by atoms with van der Waals surface area (Å²) in [4.78, 5) is 49.6. The number of aryl methyl sites for hydroxylation is 1. The van der Waals surface area contributed by atoms with E-state index in [4.69, 9.17) is 4.74 Å². The Balaban J connectivity index is 1.63. The zero-order valence-electron chi connectivity index (χ0n) is 18.1. The van der Waals surface area contributed by atoms with Gasteiger partial charge in [-0.15, -0.1) is 0 Å². The Hall–Kier alpha value is -4.79. The molecule has 0 saturated carbocycles. The smallest absolute Gasteiger partial charge is 0.335 e. The molecule has 0 radical (unpaired) electrons. The summed E-state index contributed by atoms with van der Waals surface area (Å²) in [7, 11) is 0. The number of rotatable bonds is 6. The first-order valence-electron chi connectivity index (χ1n) is 10.3. The Morgan fingerprint density at radius 2 is 1.71 bits per heavy atom. The van der Waals surface area contributed by atoms with Crippen LogP contribution in [-0.2, 0) is 16.2 Å². The fraction of sp³-hybridized carbons (Fsp3) is 0.0800. The Labute approximate surface area is 194 Å². The lowest BCUT2D eigenvalue weighted by Crippen LogP contribution is -2.54. The van der Waals surface area contributed by atoms with Crippen molar-refractivity contribution in [1.82, 2.24) is 5.32 Å². The van der Waals surface area contributed by atoms with Gasteiger partial charge in [-0.25, -0.2) is 9.69 Å². The summed E-state index contributed by atoms with van der Waals surface area (Å²) in [5.41, 5.74) is 1.65. The van der Waals surface area contributed by atoms with Gasteiger partial charge in [-0.2, -0.15) is 0 Å². The molecule has 1 heterocycles. The molecule has 9 nitrogen and oxygen atoms in total. The molecule has 0 aromatic heterocycles. The molecule has 0 unspecified atom stereocenters. The predicted molar refractivity (Wildman–Crippen MR) is 124 cm³/mol. The van der Waals surface area contributed by atoms with Gasteiger partial charge in [-0.1, -0.05) is 54.1 Å². The highest BCUT2D eigenvalue weighted by atomic mass is 16.6. The van der Waals surface area contributed by atoms with Crippen LogP contribution in [0.5, 0.6) is 5.75 Å². The van der Waals surface area contributed by atoms with Crippen LogP contribution in [0.3, 0.4) is 0 Å². The summed E-state index contributed by atoms with van der Waals surface area (Å²) < 4.78 is 5.61. The first-order valence-corrected chi connectivity index (χ1v) is 10.3. The van der Waals surface area contributed by atoms with Crippen molar-refractivity contribution in [1.29, 1.82) is 0 Å². The van der Waals surface area contributed by atoms with Crippen LogP contribution >= 0.6 is 0 Å². The first-order chi connectivity index (χ1) is 16.3. The topological polar surface area (TPSA) is 119 Å². The van der Waals surface area contributed by atoms with Gasteiger partial charge in [-0.05, 0) is 42.3 Å². The third-order valence-corrected chi connectivity index (χ3v) is 5.12. The van der Waals surface area contributed by atoms with Crippen molar-refractivity contribution in [2.24, 2.45) is 0 Å². The molecule has 1 aliphatic heterocycles. The largest absolute Gasteiger partial charge is 0.482 e. The van der Waals surface area contributed by atoms with Crippen molar-refractivity contribution in [3.63, 3.8) is 0 Å². The van der Waals surface area contributed by atoms with Gasteiger partial charge in [0.25, 0.3) is 11.8 Å². The third-order valence-electron chi connectivity index (χ3n) is 5.12. The zero-order chi connectivity index (χ0) is 24.2. The second-order valence-electron chi connectivity index (χ2n) is 7.55. The van der Waals surface area contributed by atoms with Gasteiger partial charge in [0, 0.05) is 6.07 Å². The van der Waals surface area contributed by atoms with Gasteiger partial charge in [0.15, 0.2) is 5.75 Å². The van der Waals surface area contributed by atoms with Crippen molar-refractivity contribution in [3.05, 3.63) is 105 Å². The third kappa shape index (κ3) is 4.68. The summed E-state index contributed by atoms with van der Waals surface area (Å²) >= 11 is 0. The van der Waals surface area contributed by atoms with Crippen molar-refractivity contribution >= 4 is 35.3 Å². The molecule has 4 amide bonds. The number of amides is 4. The molecule has 0 atom stereocenters. The van der Waals surface area contributed by atoms with Gasteiger partial charge in [0.1, 0.15) is 12.2 Å². The van der Waals surface area contributed by atoms with E-state index >= 15 is 0 Å². The number of benzene rings is 3. The lowest BCUT2D eigenvalue weighted by atomic mass is 10.1. The number of barbiturate groups is 1. The van der Waals surface area contributed by atoms with E-state index in [-0.39, 0.29) is 29.2 Å². The van der Waals surface area contributed by atoms with E-state index < -0.39 is 22.8 Å². The molecule has 0 bridgehead atoms. The van der Waals surface area contributed by atoms with Gasteiger partial charge in [0.2, 0.25) is 0 Å². The second kappa shape index (κ2) is 9.37. The molecule has 34 heavy (non-hydrogen) atoms. The highest BCUT2D eigenvalue weighted by Gasteiger charge is 2.36. The number of hydrogen-bond acceptors (Lipinski definition) is 6. The molecule has 0 aliphatic carbocycles. The zero-order valence-corrected chi connectivity index (χ0v) is 18.1. The van der Waals surface area contributed by atoms with Crippen molar-refractivity contribution in [3.8, 4) is 5.75 Å². The molecular weight excluding hydrogens is 438 g/mol. The van der Waals surface area contributed by atoms with E-state index in [0.29, 0.717) is 5.69 Å². The average Bonchev–Trinajstić information content (AvgIpc) is 2.82. The summed E-state index contributed by atoms with van der Waals surface area (Å²) in [6.07, 6.45) is 1.21. The SMILES string of the molecule is Cc1ccc(N2C(=O)NC(=O)/C(=C\c3ccc(OCc4ccccc4)c([N+](=O)[O-])c3)C2=O)cc1. The van der Waals surface area contributed by atoms with E-state index in [1.807, 2.05) is 37.3 Å². The molecule has 1 saturated heterocycles. The minimum atomic E-state index is -0.884. The Kier molecular flexibility index (Phi) is 6.18. The molecule has 1 N–H and O–H groups in total. The minimum absolute atomic E-state index is 0.0480. The van der Waals surface area contributed by atoms with Gasteiger partial charge < -0.3 is 4.74 Å². The highest BCUT2D eigenvalue weighted by molar-refractivity contribution is 6.39. The molecule has 0 spiro atoms. The Bertz CT molecular complexity index is 1320. The number of nitro groups is 1. The van der Waals surface area contributed by atoms with Crippen LogP contribution in [0.15, 0.2) is 78.4 Å². The number of imide groups is 2. The van der Waals surface area contributed by atoms with E-state index in [0.717, 1.165) is 16.0 Å². The maximum Gasteiger partial charge on any atom is 0.335 e. The normalized spacial score (nSPS) is 14.8. The van der Waals surface area contributed by atoms with Crippen LogP contribution in [0.2, 0.25) is 0 Å². The maximum atomic E-state index is 13.0. The molecule has 170 valence electrons. The predicted octanol–water partition coefficient (Wildman–Crippen LogP) is 4.15. The number of nitrogens with zero attached hydrogens (tertiary/aromatic N) is 2. The number of hydrogen-bond donors (Lipinski definition) is 1. The minimum Gasteiger partial charge on any atom is -0.482 e. The van der Waals surface area contributed by atoms with Crippen LogP contribution in [0.1, 0.15) is 16.7 Å². The molecule has 1 aliphatic rings. The fourth-order valence-electron chi connectivity index (χ4n) is 3.38. The van der Waals surface area contributed by atoms with Crippen molar-refractivity contribution < 1.29 is 24.0 Å². The van der Waals surface area contributed by atoms with Crippen LogP contribution in [0, 0.1) is 17.0 Å². The monoisotopic (exact) mass is 457 g/mol. The maximum absolute atomic E-state index is 13.0. The second-order valence-corrected chi connectivity index (χ2v) is 7.55. The van der Waals surface area contributed by atoms with Gasteiger partial charge in [0.05, 0.1) is 10.6 Å². The van der Waals surface area contributed by atoms with E-state index in [1.54, 1.807) is 24.3 Å². The number of carbonyl (C=O) groups is 3. The average molecular weight is 457 g/mol. The quantitative estimate of drug-likeness (QED) is 0.257. The van der Waals surface area contributed by atoms with Crippen molar-refractivity contribution in [2.75, 3.05) is 4.90 Å². The summed E-state index contributed by atoms with van der Waals surface area (Å²) in [5, 5.41) is 13.8. The van der Waals surface area contributed by atoms with E-state index in [1.165, 1.54) is 24.3 Å². The molecular formula is C25H19N3O6. The molecule has 3 aromatic carbocycles. The number of ether oxygens (including phenoxy) is 1. The lowest BCUT2D eigenvalue weighted by molar-refractivity contribution is -0.386. The van der Waals surface area contributed by atoms with Crippen molar-refractivity contribution in [2.45, 2.75) is 13.5 Å². The van der Waals surface area contributed by atoms with Gasteiger partial charge >= 0.3 is 11.7 Å². The standard InChI is InChI=1S/C25H19N3O6/c1-16-7-10-19(11-8-16)27-24(30)20(23(29)26-25(27)31)13-18-9-12-22(21(14-18)28(32)33)34-15-17-5-3-2-4-6-17/h2-14H,15H2,1H3,(H,26,29,31)/b20-13+. The van der Waals surface area contributed by atoms with Gasteiger partial charge in [-0.3, -0.25) is 25.0 Å². The Morgan fingerprint density at radius 1 is 1.00 bits per heavy atom. The number of anilines is 1. The van der Waals surface area contributed by atoms with Crippen LogP contribution in [0.4, 0.5) is 16.2 Å². The molecule has 1 fully saturated rings. The summed E-state index contributed by atoms with van der Waals surface area (Å²) in [6, 6.07) is 19.1. The molecule has 3 aromatic rings. The Morgan fingerprint density at radius 3 is 2.38 bits per heavy atom. The number of carbonyl (C=O) groups excluding carboxylic acids is 3. The van der Waals surface area contributed by atoms with Crippen LogP contribution in [-0.4, -0.2) is 22.8 Å². The summed E-state index contributed by atoms with van der Waals surface area (Å²) in [6.45, 7) is 1.99. The fourth-order valence-corrected chi connectivity index (χ4v) is 3.38. The van der Waals surface area contributed by atoms with E-state index in [9.17, 15) is 24.5 Å². The number of urea groups is 1. The molecule has 4 rings (SSSR count). The van der Waals surface area contributed by atoms with Crippen LogP contribution in [0.25, 0.3) is 6.08 Å². The van der Waals surface area contributed by atoms with E-state index in [2.05, 4.69) is 5.32 Å². The lowest BCUT2D eigenvalue weighted by Gasteiger charge is -2.26. The summed E-state index contributed by atoms with van der Waals surface area (Å²) in [5.74, 6) is -1.66. The first kappa shape index (κ1) is 22.4. The number of nitro benzene ring substituents is 1.